The molecular weight excluding hydrogens is 328 g/mol. The summed E-state index contributed by atoms with van der Waals surface area (Å²) in [6.45, 7) is 4.18. The predicted molar refractivity (Wildman–Crippen MR) is 94.0 cm³/mol. The van der Waals surface area contributed by atoms with Gasteiger partial charge in [0.05, 0.1) is 16.3 Å². The van der Waals surface area contributed by atoms with Crippen LogP contribution in [-0.4, -0.2) is 24.5 Å². The Balaban J connectivity index is 1.87. The summed E-state index contributed by atoms with van der Waals surface area (Å²) in [6.07, 6.45) is -0.549. The molecule has 124 valence electrons. The number of nitrogens with one attached hydrogen (secondary N) is 1. The molecule has 2 amide bonds. The highest BCUT2D eigenvalue weighted by Crippen LogP contribution is 2.36. The van der Waals surface area contributed by atoms with Crippen molar-refractivity contribution in [1.29, 1.82) is 0 Å². The molecule has 0 radical (unpaired) electrons. The first-order chi connectivity index (χ1) is 11.5. The molecule has 1 aliphatic heterocycles. The molecule has 0 saturated carbocycles. The Hall–Kier alpha value is -2.53. The number of halogens is 1. The van der Waals surface area contributed by atoms with Crippen molar-refractivity contribution in [3.05, 3.63) is 53.1 Å². The standard InChI is InChI=1S/C18H17ClN2O3/c1-3-21-15-9-8-12(10-16(15)24-11(2)18(21)23)20-17(22)13-6-4-5-7-14(13)19/h4-11H,3H2,1-2H3,(H,20,22). The van der Waals surface area contributed by atoms with Gasteiger partial charge in [-0.25, -0.2) is 0 Å². The van der Waals surface area contributed by atoms with Crippen LogP contribution in [0.1, 0.15) is 24.2 Å². The number of nitrogens with zero attached hydrogens (tertiary/aromatic N) is 1. The molecule has 0 fully saturated rings. The largest absolute Gasteiger partial charge is 0.479 e. The van der Waals surface area contributed by atoms with Crippen molar-refractivity contribution in [2.45, 2.75) is 20.0 Å². The molecule has 0 bridgehead atoms. The number of hydrogen-bond acceptors (Lipinski definition) is 3. The first-order valence-electron chi connectivity index (χ1n) is 7.69. The van der Waals surface area contributed by atoms with Crippen LogP contribution in [0.3, 0.4) is 0 Å². The van der Waals surface area contributed by atoms with E-state index in [0.29, 0.717) is 34.3 Å². The number of carbonyl (C=O) groups excluding carboxylic acids is 2. The number of fused-ring (bicyclic) bond motifs is 1. The normalized spacial score (nSPS) is 16.4. The molecule has 2 aromatic carbocycles. The third kappa shape index (κ3) is 2.95. The van der Waals surface area contributed by atoms with Gasteiger partial charge in [-0.2, -0.15) is 0 Å². The van der Waals surface area contributed by atoms with Crippen molar-refractivity contribution in [3.63, 3.8) is 0 Å². The maximum absolute atomic E-state index is 12.3. The molecule has 0 aliphatic carbocycles. The van der Waals surface area contributed by atoms with Gasteiger partial charge in [-0.15, -0.1) is 0 Å². The summed E-state index contributed by atoms with van der Waals surface area (Å²) in [4.78, 5) is 26.1. The lowest BCUT2D eigenvalue weighted by Crippen LogP contribution is -2.44. The van der Waals surface area contributed by atoms with E-state index in [-0.39, 0.29) is 11.8 Å². The van der Waals surface area contributed by atoms with Crippen LogP contribution in [-0.2, 0) is 4.79 Å². The quantitative estimate of drug-likeness (QED) is 0.923. The Bertz CT molecular complexity index is 807. The van der Waals surface area contributed by atoms with Crippen LogP contribution in [0.4, 0.5) is 11.4 Å². The lowest BCUT2D eigenvalue weighted by atomic mass is 10.1. The van der Waals surface area contributed by atoms with Crippen LogP contribution >= 0.6 is 11.6 Å². The van der Waals surface area contributed by atoms with E-state index >= 15 is 0 Å². The summed E-state index contributed by atoms with van der Waals surface area (Å²) in [5.41, 5.74) is 1.68. The van der Waals surface area contributed by atoms with Crippen LogP contribution in [0.5, 0.6) is 5.75 Å². The fourth-order valence-electron chi connectivity index (χ4n) is 2.66. The third-order valence-corrected chi connectivity index (χ3v) is 4.19. The van der Waals surface area contributed by atoms with Crippen LogP contribution in [0.25, 0.3) is 0 Å². The summed E-state index contributed by atoms with van der Waals surface area (Å²) >= 11 is 6.04. The predicted octanol–water partition coefficient (Wildman–Crippen LogP) is 3.73. The second-order valence-corrected chi connectivity index (χ2v) is 5.87. The van der Waals surface area contributed by atoms with E-state index in [1.165, 1.54) is 0 Å². The van der Waals surface area contributed by atoms with Gasteiger partial charge in [0.25, 0.3) is 11.8 Å². The van der Waals surface area contributed by atoms with Gasteiger partial charge in [0.1, 0.15) is 5.75 Å². The van der Waals surface area contributed by atoms with Crippen molar-refractivity contribution >= 4 is 34.8 Å². The van der Waals surface area contributed by atoms with E-state index in [1.54, 1.807) is 54.3 Å². The van der Waals surface area contributed by atoms with Crippen LogP contribution < -0.4 is 15.0 Å². The van der Waals surface area contributed by atoms with E-state index < -0.39 is 6.10 Å². The summed E-state index contributed by atoms with van der Waals surface area (Å²) in [5, 5.41) is 3.19. The Morgan fingerprint density at radius 1 is 1.29 bits per heavy atom. The first kappa shape index (κ1) is 16.3. The molecule has 1 atom stereocenters. The molecular formula is C18H17ClN2O3. The number of anilines is 2. The number of ether oxygens (including phenoxy) is 1. The van der Waals surface area contributed by atoms with Crippen molar-refractivity contribution < 1.29 is 14.3 Å². The third-order valence-electron chi connectivity index (χ3n) is 3.86. The number of likely N-dealkylation sites (N-methyl/N-ethyl adjacent to an activating group) is 1. The van der Waals surface area contributed by atoms with E-state index in [0.717, 1.165) is 0 Å². The number of hydrogen-bond donors (Lipinski definition) is 1. The summed E-state index contributed by atoms with van der Waals surface area (Å²) in [7, 11) is 0. The van der Waals surface area contributed by atoms with Crippen molar-refractivity contribution in [3.8, 4) is 5.75 Å². The van der Waals surface area contributed by atoms with Crippen LogP contribution in [0.15, 0.2) is 42.5 Å². The van der Waals surface area contributed by atoms with Gasteiger partial charge in [0.15, 0.2) is 6.10 Å². The minimum Gasteiger partial charge on any atom is -0.479 e. The van der Waals surface area contributed by atoms with E-state index in [4.69, 9.17) is 16.3 Å². The zero-order valence-corrected chi connectivity index (χ0v) is 14.1. The van der Waals surface area contributed by atoms with Crippen LogP contribution in [0.2, 0.25) is 5.02 Å². The lowest BCUT2D eigenvalue weighted by molar-refractivity contribution is -0.125. The van der Waals surface area contributed by atoms with Crippen molar-refractivity contribution in [1.82, 2.24) is 0 Å². The molecule has 5 nitrogen and oxygen atoms in total. The minimum absolute atomic E-state index is 0.0714. The zero-order valence-electron chi connectivity index (χ0n) is 13.4. The van der Waals surface area contributed by atoms with Gasteiger partial charge in [-0.3, -0.25) is 9.59 Å². The SMILES string of the molecule is CCN1C(=O)C(C)Oc2cc(NC(=O)c3ccccc3Cl)ccc21. The average Bonchev–Trinajstić information content (AvgIpc) is 2.56. The minimum atomic E-state index is -0.549. The fraction of sp³-hybridized carbons (Fsp3) is 0.222. The van der Waals surface area contributed by atoms with Crippen LogP contribution in [0, 0.1) is 0 Å². The smallest absolute Gasteiger partial charge is 0.267 e. The summed E-state index contributed by atoms with van der Waals surface area (Å²) in [5.74, 6) is 0.201. The van der Waals surface area contributed by atoms with Gasteiger partial charge in [-0.1, -0.05) is 23.7 Å². The van der Waals surface area contributed by atoms with Gasteiger partial charge in [0, 0.05) is 18.3 Å². The number of amides is 2. The van der Waals surface area contributed by atoms with Gasteiger partial charge in [-0.05, 0) is 38.1 Å². The average molecular weight is 345 g/mol. The van der Waals surface area contributed by atoms with E-state index in [2.05, 4.69) is 5.32 Å². The Labute approximate surface area is 145 Å². The highest BCUT2D eigenvalue weighted by atomic mass is 35.5. The van der Waals surface area contributed by atoms with E-state index in [1.807, 2.05) is 6.92 Å². The Morgan fingerprint density at radius 2 is 2.04 bits per heavy atom. The molecule has 1 unspecified atom stereocenters. The van der Waals surface area contributed by atoms with Crippen molar-refractivity contribution in [2.24, 2.45) is 0 Å². The second kappa shape index (κ2) is 6.53. The van der Waals surface area contributed by atoms with E-state index in [9.17, 15) is 9.59 Å². The molecule has 24 heavy (non-hydrogen) atoms. The first-order valence-corrected chi connectivity index (χ1v) is 8.07. The summed E-state index contributed by atoms with van der Waals surface area (Å²) < 4.78 is 5.66. The maximum atomic E-state index is 12.3. The molecule has 0 saturated heterocycles. The topological polar surface area (TPSA) is 58.6 Å². The van der Waals surface area contributed by atoms with Crippen molar-refractivity contribution in [2.75, 3.05) is 16.8 Å². The molecule has 6 heteroatoms. The number of carbonyl (C=O) groups is 2. The Kier molecular flexibility index (Phi) is 4.44. The second-order valence-electron chi connectivity index (χ2n) is 5.46. The highest BCUT2D eigenvalue weighted by Gasteiger charge is 2.30. The zero-order chi connectivity index (χ0) is 17.3. The molecule has 0 spiro atoms. The molecule has 1 N–H and O–H groups in total. The number of benzene rings is 2. The molecule has 1 aliphatic rings. The molecule has 1 heterocycles. The molecule has 3 rings (SSSR count). The Morgan fingerprint density at radius 3 is 2.75 bits per heavy atom. The van der Waals surface area contributed by atoms with Gasteiger partial charge >= 0.3 is 0 Å². The monoisotopic (exact) mass is 344 g/mol. The fourth-order valence-corrected chi connectivity index (χ4v) is 2.88. The summed E-state index contributed by atoms with van der Waals surface area (Å²) in [6, 6.07) is 12.1. The van der Waals surface area contributed by atoms with Gasteiger partial charge in [0.2, 0.25) is 0 Å². The maximum Gasteiger partial charge on any atom is 0.267 e. The lowest BCUT2D eigenvalue weighted by Gasteiger charge is -2.32. The van der Waals surface area contributed by atoms with Gasteiger partial charge < -0.3 is 15.0 Å². The molecule has 0 aromatic heterocycles. The number of rotatable bonds is 3. The highest BCUT2D eigenvalue weighted by molar-refractivity contribution is 6.34. The molecule has 2 aromatic rings.